The van der Waals surface area contributed by atoms with Crippen LogP contribution in [-0.2, 0) is 15.2 Å². The Hall–Kier alpha value is -1.83. The van der Waals surface area contributed by atoms with E-state index in [4.69, 9.17) is 10.7 Å². The smallest absolute Gasteiger partial charge is 0.386 e. The van der Waals surface area contributed by atoms with Gasteiger partial charge in [-0.25, -0.2) is 13.4 Å². The zero-order chi connectivity index (χ0) is 17.5. The topological polar surface area (TPSA) is 99.4 Å². The van der Waals surface area contributed by atoms with E-state index in [2.05, 4.69) is 9.72 Å². The normalized spacial score (nSPS) is 13.0. The Morgan fingerprint density at radius 1 is 1.23 bits per heavy atom. The molecule has 0 saturated carbocycles. The molecule has 1 aromatic rings. The molecule has 0 aromatic carbocycles. The SMILES string of the molecule is O=[N+]([O-])c1cc(S(=O)(=O)Cl)c(OC(F)(F)F)nc1C(F)(F)F. The Labute approximate surface area is 121 Å². The van der Waals surface area contributed by atoms with E-state index >= 15 is 0 Å². The third-order valence-electron chi connectivity index (χ3n) is 1.87. The van der Waals surface area contributed by atoms with Crippen LogP contribution in [0.25, 0.3) is 0 Å². The summed E-state index contributed by atoms with van der Waals surface area (Å²) in [6.45, 7) is 0. The summed E-state index contributed by atoms with van der Waals surface area (Å²) in [6, 6.07) is -0.320. The van der Waals surface area contributed by atoms with Crippen molar-refractivity contribution >= 4 is 25.4 Å². The molecule has 0 fully saturated rings. The van der Waals surface area contributed by atoms with Gasteiger partial charge in [-0.15, -0.1) is 13.2 Å². The van der Waals surface area contributed by atoms with Crippen molar-refractivity contribution in [3.05, 3.63) is 21.9 Å². The second kappa shape index (κ2) is 5.42. The molecule has 0 atom stereocenters. The molecule has 0 saturated heterocycles. The number of nitrogens with zero attached hydrogens (tertiary/aromatic N) is 2. The number of nitro groups is 1. The van der Waals surface area contributed by atoms with E-state index in [0.29, 0.717) is 0 Å². The number of rotatable bonds is 3. The van der Waals surface area contributed by atoms with Crippen LogP contribution in [-0.4, -0.2) is 24.7 Å². The largest absolute Gasteiger partial charge is 0.574 e. The van der Waals surface area contributed by atoms with E-state index in [1.54, 1.807) is 0 Å². The highest BCUT2D eigenvalue weighted by atomic mass is 35.7. The van der Waals surface area contributed by atoms with Gasteiger partial charge < -0.3 is 4.74 Å². The molecule has 22 heavy (non-hydrogen) atoms. The number of hydrogen-bond donors (Lipinski definition) is 0. The number of ether oxygens (including phenoxy) is 1. The van der Waals surface area contributed by atoms with Crippen molar-refractivity contribution in [2.24, 2.45) is 0 Å². The second-order valence-electron chi connectivity index (χ2n) is 3.40. The first kappa shape index (κ1) is 18.2. The maximum Gasteiger partial charge on any atom is 0.574 e. The fraction of sp³-hybridized carbons (Fsp3) is 0.286. The lowest BCUT2D eigenvalue weighted by molar-refractivity contribution is -0.388. The third kappa shape index (κ3) is 4.33. The Kier molecular flexibility index (Phi) is 4.49. The Morgan fingerprint density at radius 3 is 2.05 bits per heavy atom. The summed E-state index contributed by atoms with van der Waals surface area (Å²) >= 11 is 0. The average molecular weight is 375 g/mol. The summed E-state index contributed by atoms with van der Waals surface area (Å²) in [5.74, 6) is -2.08. The molecule has 7 nitrogen and oxygen atoms in total. The summed E-state index contributed by atoms with van der Waals surface area (Å²) in [5, 5.41) is 10.5. The van der Waals surface area contributed by atoms with Crippen molar-refractivity contribution in [2.45, 2.75) is 17.4 Å². The van der Waals surface area contributed by atoms with Crippen LogP contribution in [0.2, 0.25) is 0 Å². The highest BCUT2D eigenvalue weighted by Crippen LogP contribution is 2.40. The van der Waals surface area contributed by atoms with Crippen molar-refractivity contribution in [3.63, 3.8) is 0 Å². The van der Waals surface area contributed by atoms with Crippen LogP contribution in [0.1, 0.15) is 5.69 Å². The molecular weight excluding hydrogens is 374 g/mol. The van der Waals surface area contributed by atoms with E-state index in [1.807, 2.05) is 0 Å². The van der Waals surface area contributed by atoms with Crippen LogP contribution < -0.4 is 4.74 Å². The molecule has 1 heterocycles. The monoisotopic (exact) mass is 374 g/mol. The fourth-order valence-electron chi connectivity index (χ4n) is 1.17. The van der Waals surface area contributed by atoms with Gasteiger partial charge >= 0.3 is 18.2 Å². The van der Waals surface area contributed by atoms with Crippen molar-refractivity contribution in [2.75, 3.05) is 0 Å². The molecule has 0 aliphatic heterocycles. The molecule has 0 unspecified atom stereocenters. The average Bonchev–Trinajstić information content (AvgIpc) is 2.22. The van der Waals surface area contributed by atoms with Crippen LogP contribution >= 0.6 is 10.7 Å². The molecule has 0 spiro atoms. The van der Waals surface area contributed by atoms with Gasteiger partial charge in [0.15, 0.2) is 4.90 Å². The zero-order valence-corrected chi connectivity index (χ0v) is 11.1. The number of alkyl halides is 6. The minimum absolute atomic E-state index is 0.320. The van der Waals surface area contributed by atoms with Gasteiger partial charge in [-0.1, -0.05) is 0 Å². The Bertz CT molecular complexity index is 715. The lowest BCUT2D eigenvalue weighted by atomic mass is 10.3. The maximum absolute atomic E-state index is 12.6. The number of pyridine rings is 1. The van der Waals surface area contributed by atoms with Crippen LogP contribution in [0.5, 0.6) is 5.88 Å². The molecule has 0 N–H and O–H groups in total. The van der Waals surface area contributed by atoms with Crippen molar-refractivity contribution in [1.29, 1.82) is 0 Å². The minimum Gasteiger partial charge on any atom is -0.386 e. The molecule has 1 aromatic heterocycles. The van der Waals surface area contributed by atoms with E-state index < -0.39 is 48.7 Å². The van der Waals surface area contributed by atoms with Gasteiger partial charge in [-0.05, 0) is 0 Å². The molecule has 0 radical (unpaired) electrons. The highest BCUT2D eigenvalue weighted by Gasteiger charge is 2.44. The van der Waals surface area contributed by atoms with Crippen LogP contribution in [0.4, 0.5) is 32.0 Å². The first-order valence-electron chi connectivity index (χ1n) is 4.60. The fourth-order valence-corrected chi connectivity index (χ4v) is 2.05. The first-order valence-corrected chi connectivity index (χ1v) is 6.91. The van der Waals surface area contributed by atoms with E-state index in [1.165, 1.54) is 0 Å². The Balaban J connectivity index is 3.78. The van der Waals surface area contributed by atoms with E-state index in [-0.39, 0.29) is 6.07 Å². The lowest BCUT2D eigenvalue weighted by Gasteiger charge is -2.13. The molecule has 15 heteroatoms. The number of hydrogen-bond acceptors (Lipinski definition) is 6. The predicted molar refractivity (Wildman–Crippen MR) is 55.6 cm³/mol. The standard InChI is InChI=1S/C7HClF6N2O5S/c8-22(19,20)3-1-2(16(17)18)4(6(9,10)11)15-5(3)21-7(12,13)14/h1H. The minimum atomic E-state index is -5.61. The molecule has 0 bridgehead atoms. The first-order chi connectivity index (χ1) is 9.63. The maximum atomic E-state index is 12.6. The van der Waals surface area contributed by atoms with Gasteiger partial charge in [-0.3, -0.25) is 10.1 Å². The summed E-state index contributed by atoms with van der Waals surface area (Å²) in [5.41, 5.74) is -4.28. The second-order valence-corrected chi connectivity index (χ2v) is 5.93. The van der Waals surface area contributed by atoms with Gasteiger partial charge in [0.05, 0.1) is 4.92 Å². The number of aromatic nitrogens is 1. The highest BCUT2D eigenvalue weighted by molar-refractivity contribution is 8.13. The Morgan fingerprint density at radius 2 is 1.73 bits per heavy atom. The van der Waals surface area contributed by atoms with Gasteiger partial charge in [-0.2, -0.15) is 13.2 Å². The van der Waals surface area contributed by atoms with E-state index in [9.17, 15) is 44.9 Å². The molecular formula is C7HClF6N2O5S. The summed E-state index contributed by atoms with van der Waals surface area (Å²) in [6.07, 6.45) is -11.1. The summed E-state index contributed by atoms with van der Waals surface area (Å²) in [4.78, 5) is 9.34. The molecule has 0 aliphatic carbocycles. The quantitative estimate of drug-likeness (QED) is 0.349. The van der Waals surface area contributed by atoms with Gasteiger partial charge in [0.2, 0.25) is 11.6 Å². The van der Waals surface area contributed by atoms with Crippen LogP contribution in [0.3, 0.4) is 0 Å². The van der Waals surface area contributed by atoms with Crippen LogP contribution in [0.15, 0.2) is 11.0 Å². The zero-order valence-electron chi connectivity index (χ0n) is 9.57. The molecule has 1 rings (SSSR count). The van der Waals surface area contributed by atoms with Crippen molar-refractivity contribution in [1.82, 2.24) is 4.98 Å². The predicted octanol–water partition coefficient (Wildman–Crippen LogP) is 2.83. The summed E-state index contributed by atoms with van der Waals surface area (Å²) < 4.78 is 99.1. The van der Waals surface area contributed by atoms with Gasteiger partial charge in [0.1, 0.15) is 0 Å². The molecule has 0 amide bonds. The van der Waals surface area contributed by atoms with Crippen molar-refractivity contribution < 1.29 is 44.4 Å². The van der Waals surface area contributed by atoms with E-state index in [0.717, 1.165) is 0 Å². The summed E-state index contributed by atoms with van der Waals surface area (Å²) in [7, 11) is -0.394. The van der Waals surface area contributed by atoms with Crippen LogP contribution in [0, 0.1) is 10.1 Å². The molecule has 124 valence electrons. The van der Waals surface area contributed by atoms with Gasteiger partial charge in [0.25, 0.3) is 9.05 Å². The number of halogens is 7. The third-order valence-corrected chi connectivity index (χ3v) is 3.19. The molecule has 0 aliphatic rings. The van der Waals surface area contributed by atoms with Gasteiger partial charge in [0, 0.05) is 16.7 Å². The van der Waals surface area contributed by atoms with Crippen molar-refractivity contribution in [3.8, 4) is 5.88 Å². The lowest BCUT2D eigenvalue weighted by Crippen LogP contribution is -2.21.